The molecule has 3 nitrogen and oxygen atoms in total. The van der Waals surface area contributed by atoms with Gasteiger partial charge in [0, 0.05) is 0 Å². The fraction of sp³-hybridized carbons (Fsp3) is 0.182. The highest BCUT2D eigenvalue weighted by atomic mass is 16.5. The number of ether oxygens (including phenoxy) is 1. The van der Waals surface area contributed by atoms with Gasteiger partial charge in [0.2, 0.25) is 0 Å². The molecule has 0 aliphatic heterocycles. The highest BCUT2D eigenvalue weighted by Crippen LogP contribution is 2.03. The number of rotatable bonds is 4. The van der Waals surface area contributed by atoms with Gasteiger partial charge >= 0.3 is 5.97 Å². The third-order valence-electron chi connectivity index (χ3n) is 1.71. The van der Waals surface area contributed by atoms with Gasteiger partial charge < -0.3 is 9.84 Å². The Hall–Kier alpha value is -1.61. The Morgan fingerprint density at radius 2 is 2.14 bits per heavy atom. The highest BCUT2D eigenvalue weighted by molar-refractivity contribution is 5.89. The number of aliphatic hydroxyl groups excluding tert-OH is 1. The van der Waals surface area contributed by atoms with Gasteiger partial charge in [-0.05, 0) is 18.2 Å². The Morgan fingerprint density at radius 3 is 2.64 bits per heavy atom. The number of hydrogen-bond donors (Lipinski definition) is 1. The molecule has 74 valence electrons. The molecule has 1 N–H and O–H groups in total. The second-order valence-electron chi connectivity index (χ2n) is 2.73. The van der Waals surface area contributed by atoms with E-state index in [0.717, 1.165) is 0 Å². The van der Waals surface area contributed by atoms with E-state index >= 15 is 0 Å². The molecule has 0 aliphatic carbocycles. The monoisotopic (exact) mass is 192 g/mol. The molecule has 0 saturated heterocycles. The summed E-state index contributed by atoms with van der Waals surface area (Å²) in [4.78, 5) is 11.4. The van der Waals surface area contributed by atoms with Gasteiger partial charge in [-0.15, -0.1) is 0 Å². The summed E-state index contributed by atoms with van der Waals surface area (Å²) < 4.78 is 4.93. The predicted octanol–water partition coefficient (Wildman–Crippen LogP) is 1.39. The summed E-state index contributed by atoms with van der Waals surface area (Å²) in [6.07, 6.45) is 0.753. The summed E-state index contributed by atoms with van der Waals surface area (Å²) >= 11 is 0. The molecule has 14 heavy (non-hydrogen) atoms. The zero-order valence-electron chi connectivity index (χ0n) is 7.72. The molecule has 0 fully saturated rings. The van der Waals surface area contributed by atoms with Gasteiger partial charge in [0.15, 0.2) is 0 Å². The van der Waals surface area contributed by atoms with Crippen molar-refractivity contribution >= 4 is 5.97 Å². The molecule has 1 aromatic carbocycles. The molecule has 0 unspecified atom stereocenters. The second kappa shape index (κ2) is 5.19. The Labute approximate surface area is 82.6 Å². The molecule has 0 bridgehead atoms. The third kappa shape index (κ3) is 2.71. The minimum atomic E-state index is -0.636. The average Bonchev–Trinajstić information content (AvgIpc) is 2.26. The van der Waals surface area contributed by atoms with Crippen molar-refractivity contribution in [2.75, 3.05) is 6.61 Å². The second-order valence-corrected chi connectivity index (χ2v) is 2.73. The molecule has 1 atom stereocenters. The lowest BCUT2D eigenvalue weighted by Crippen LogP contribution is -2.19. The summed E-state index contributed by atoms with van der Waals surface area (Å²) in [6, 6.07) is 8.62. The molecule has 0 spiro atoms. The van der Waals surface area contributed by atoms with E-state index in [2.05, 4.69) is 6.58 Å². The van der Waals surface area contributed by atoms with Crippen molar-refractivity contribution in [3.63, 3.8) is 0 Å². The first-order chi connectivity index (χ1) is 6.77. The van der Waals surface area contributed by atoms with E-state index in [4.69, 9.17) is 9.84 Å². The average molecular weight is 192 g/mol. The topological polar surface area (TPSA) is 46.5 Å². The largest absolute Gasteiger partial charge is 0.452 e. The third-order valence-corrected chi connectivity index (χ3v) is 1.71. The van der Waals surface area contributed by atoms with E-state index in [1.807, 2.05) is 6.07 Å². The number of carbonyl (C=O) groups excluding carboxylic acids is 1. The maximum absolute atomic E-state index is 11.4. The van der Waals surface area contributed by atoms with Gasteiger partial charge in [0.05, 0.1) is 12.2 Å². The molecule has 0 aromatic heterocycles. The summed E-state index contributed by atoms with van der Waals surface area (Å²) in [6.45, 7) is 3.19. The molecule has 0 amide bonds. The minimum Gasteiger partial charge on any atom is -0.452 e. The summed E-state index contributed by atoms with van der Waals surface area (Å²) in [7, 11) is 0. The van der Waals surface area contributed by atoms with Crippen molar-refractivity contribution in [3.05, 3.63) is 48.6 Å². The van der Waals surface area contributed by atoms with Crippen LogP contribution < -0.4 is 0 Å². The molecule has 0 radical (unpaired) electrons. The van der Waals surface area contributed by atoms with E-state index in [0.29, 0.717) is 5.56 Å². The fourth-order valence-corrected chi connectivity index (χ4v) is 0.940. The quantitative estimate of drug-likeness (QED) is 0.579. The van der Waals surface area contributed by atoms with Crippen LogP contribution in [0.25, 0.3) is 0 Å². The van der Waals surface area contributed by atoms with E-state index in [1.165, 1.54) is 6.08 Å². The maximum atomic E-state index is 11.4. The first-order valence-electron chi connectivity index (χ1n) is 4.27. The Morgan fingerprint density at radius 1 is 1.50 bits per heavy atom. The van der Waals surface area contributed by atoms with Gasteiger partial charge in [-0.1, -0.05) is 24.8 Å². The van der Waals surface area contributed by atoms with Crippen LogP contribution in [0, 0.1) is 0 Å². The van der Waals surface area contributed by atoms with E-state index in [1.54, 1.807) is 24.3 Å². The van der Waals surface area contributed by atoms with E-state index < -0.39 is 12.1 Å². The van der Waals surface area contributed by atoms with Crippen molar-refractivity contribution in [1.29, 1.82) is 0 Å². The first-order valence-corrected chi connectivity index (χ1v) is 4.27. The lowest BCUT2D eigenvalue weighted by atomic mass is 10.2. The Bertz CT molecular complexity index is 306. The molecular formula is C11H12O3. The van der Waals surface area contributed by atoms with Gasteiger partial charge in [-0.2, -0.15) is 0 Å². The number of aliphatic hydroxyl groups is 1. The van der Waals surface area contributed by atoms with Gasteiger partial charge in [0.25, 0.3) is 0 Å². The molecule has 1 aromatic rings. The zero-order valence-corrected chi connectivity index (χ0v) is 7.72. The highest BCUT2D eigenvalue weighted by Gasteiger charge is 2.11. The number of benzene rings is 1. The summed E-state index contributed by atoms with van der Waals surface area (Å²) in [5.74, 6) is -0.454. The van der Waals surface area contributed by atoms with Crippen molar-refractivity contribution in [2.24, 2.45) is 0 Å². The van der Waals surface area contributed by atoms with Crippen LogP contribution in [-0.2, 0) is 4.74 Å². The molecule has 0 aliphatic rings. The Kier molecular flexibility index (Phi) is 3.88. The smallest absolute Gasteiger partial charge is 0.338 e. The van der Waals surface area contributed by atoms with Crippen molar-refractivity contribution in [2.45, 2.75) is 6.10 Å². The minimum absolute atomic E-state index is 0.248. The molecule has 3 heteroatoms. The number of carbonyl (C=O) groups is 1. The summed E-state index contributed by atoms with van der Waals surface area (Å²) in [5.41, 5.74) is 0.466. The Balaban J connectivity index is 2.63. The number of esters is 1. The van der Waals surface area contributed by atoms with Crippen molar-refractivity contribution < 1.29 is 14.6 Å². The van der Waals surface area contributed by atoms with Crippen LogP contribution in [0.15, 0.2) is 43.0 Å². The molecular weight excluding hydrogens is 180 g/mol. The zero-order chi connectivity index (χ0) is 10.4. The lowest BCUT2D eigenvalue weighted by molar-refractivity contribution is 0.0272. The van der Waals surface area contributed by atoms with Gasteiger partial charge in [-0.25, -0.2) is 4.79 Å². The van der Waals surface area contributed by atoms with Crippen LogP contribution in [-0.4, -0.2) is 23.8 Å². The van der Waals surface area contributed by atoms with Crippen LogP contribution in [0.3, 0.4) is 0 Å². The standard InChI is InChI=1S/C11H12O3/c1-2-10(8-12)14-11(13)9-6-4-3-5-7-9/h2-7,10,12H,1,8H2/t10-/m0/s1. The number of hydrogen-bond acceptors (Lipinski definition) is 3. The lowest BCUT2D eigenvalue weighted by Gasteiger charge is -2.10. The van der Waals surface area contributed by atoms with Gasteiger partial charge in [0.1, 0.15) is 6.10 Å². The van der Waals surface area contributed by atoms with Crippen molar-refractivity contribution in [3.8, 4) is 0 Å². The van der Waals surface area contributed by atoms with Crippen LogP contribution >= 0.6 is 0 Å². The normalized spacial score (nSPS) is 11.8. The first kappa shape index (κ1) is 10.5. The maximum Gasteiger partial charge on any atom is 0.338 e. The van der Waals surface area contributed by atoms with E-state index in [9.17, 15) is 4.79 Å². The van der Waals surface area contributed by atoms with Crippen LogP contribution in [0.5, 0.6) is 0 Å². The van der Waals surface area contributed by atoms with Crippen LogP contribution in [0.2, 0.25) is 0 Å². The SMILES string of the molecule is C=C[C@@H](CO)OC(=O)c1ccccc1. The molecule has 1 rings (SSSR count). The summed E-state index contributed by atoms with van der Waals surface area (Å²) in [5, 5.41) is 8.77. The fourth-order valence-electron chi connectivity index (χ4n) is 0.940. The molecule has 0 saturated carbocycles. The van der Waals surface area contributed by atoms with Gasteiger partial charge in [-0.3, -0.25) is 0 Å². The van der Waals surface area contributed by atoms with Crippen molar-refractivity contribution in [1.82, 2.24) is 0 Å². The molecule has 0 heterocycles. The van der Waals surface area contributed by atoms with Crippen LogP contribution in [0.1, 0.15) is 10.4 Å². The predicted molar refractivity (Wildman–Crippen MR) is 52.9 cm³/mol. The van der Waals surface area contributed by atoms with E-state index in [-0.39, 0.29) is 6.61 Å². The van der Waals surface area contributed by atoms with Crippen LogP contribution in [0.4, 0.5) is 0 Å².